The lowest BCUT2D eigenvalue weighted by atomic mass is 10.1. The highest BCUT2D eigenvalue weighted by Crippen LogP contribution is 2.29. The molecule has 1 aromatic carbocycles. The van der Waals surface area contributed by atoms with Gasteiger partial charge in [-0.2, -0.15) is 5.26 Å². The van der Waals surface area contributed by atoms with Crippen LogP contribution in [-0.2, 0) is 21.8 Å². The van der Waals surface area contributed by atoms with Crippen LogP contribution in [0.1, 0.15) is 37.2 Å². The van der Waals surface area contributed by atoms with Crippen molar-refractivity contribution >= 4 is 47.5 Å². The number of rotatable bonds is 11. The number of amides is 2. The highest BCUT2D eigenvalue weighted by atomic mass is 35.5. The Morgan fingerprint density at radius 1 is 1.10 bits per heavy atom. The zero-order valence-electron chi connectivity index (χ0n) is 22.4. The maximum atomic E-state index is 12.2. The fourth-order valence-corrected chi connectivity index (χ4v) is 4.17. The number of hydrogen-bond acceptors (Lipinski definition) is 9. The van der Waals surface area contributed by atoms with Crippen LogP contribution in [0.2, 0.25) is 0 Å². The van der Waals surface area contributed by atoms with Gasteiger partial charge in [-0.1, -0.05) is 30.0 Å². The first-order chi connectivity index (χ1) is 18.2. The third kappa shape index (κ3) is 9.51. The average Bonchev–Trinajstić information content (AvgIpc) is 2.89. The molecule has 0 saturated heterocycles. The summed E-state index contributed by atoms with van der Waals surface area (Å²) in [7, 11) is 3.96. The molecule has 0 radical (unpaired) electrons. The fraction of sp³-hybridized carbons (Fsp3) is 0.333. The topological polar surface area (TPSA) is 150 Å². The summed E-state index contributed by atoms with van der Waals surface area (Å²) >= 11 is 1.36. The van der Waals surface area contributed by atoms with Crippen molar-refractivity contribution in [2.24, 2.45) is 0 Å². The largest absolute Gasteiger partial charge is 0.382 e. The van der Waals surface area contributed by atoms with Gasteiger partial charge < -0.3 is 21.3 Å². The van der Waals surface area contributed by atoms with Crippen LogP contribution in [0, 0.1) is 11.3 Å². The standard InChI is InChI=1S/C27H32N8O2S.ClH/c1-17(35(3)4)15-30-24(37)13-12-20-6-5-7-22(32-20)16-38-27-33-25(23(14-28)26(29)34-27)19-8-10-21(11-9-19)31-18(2)36;/h5-11,17H,12-13,15-16H2,1-4H3,(H,30,37)(H,31,36)(H2,29,33,34);1H. The third-order valence-corrected chi connectivity index (χ3v) is 6.69. The molecule has 0 saturated carbocycles. The Hall–Kier alpha value is -3.72. The van der Waals surface area contributed by atoms with E-state index in [-0.39, 0.29) is 41.6 Å². The van der Waals surface area contributed by atoms with Gasteiger partial charge in [0.15, 0.2) is 5.16 Å². The van der Waals surface area contributed by atoms with Gasteiger partial charge in [0.05, 0.1) is 11.4 Å². The molecule has 2 aromatic heterocycles. The van der Waals surface area contributed by atoms with Crippen LogP contribution >= 0.6 is 24.2 Å². The minimum atomic E-state index is -0.170. The molecule has 0 aliphatic carbocycles. The molecule has 0 aliphatic heterocycles. The van der Waals surface area contributed by atoms with E-state index in [4.69, 9.17) is 5.73 Å². The van der Waals surface area contributed by atoms with E-state index in [9.17, 15) is 14.9 Å². The summed E-state index contributed by atoms with van der Waals surface area (Å²) in [4.78, 5) is 39.1. The second-order valence-corrected chi connectivity index (χ2v) is 9.95. The highest BCUT2D eigenvalue weighted by molar-refractivity contribution is 7.98. The number of nitrogens with one attached hydrogen (secondary N) is 2. The van der Waals surface area contributed by atoms with Gasteiger partial charge in [0.25, 0.3) is 0 Å². The van der Waals surface area contributed by atoms with E-state index >= 15 is 0 Å². The first-order valence-electron chi connectivity index (χ1n) is 12.1. The number of carbonyl (C=O) groups is 2. The van der Waals surface area contributed by atoms with Gasteiger partial charge in [-0.05, 0) is 51.7 Å². The lowest BCUT2D eigenvalue weighted by molar-refractivity contribution is -0.121. The normalized spacial score (nSPS) is 11.3. The molecule has 1 atom stereocenters. The van der Waals surface area contributed by atoms with Crippen LogP contribution in [0.3, 0.4) is 0 Å². The van der Waals surface area contributed by atoms with Crippen LogP contribution < -0.4 is 16.4 Å². The van der Waals surface area contributed by atoms with Gasteiger partial charge in [-0.3, -0.25) is 14.6 Å². The van der Waals surface area contributed by atoms with Crippen LogP contribution in [0.5, 0.6) is 0 Å². The molecule has 0 aliphatic rings. The van der Waals surface area contributed by atoms with Crippen LogP contribution in [0.4, 0.5) is 11.5 Å². The number of pyridine rings is 1. The minimum Gasteiger partial charge on any atom is -0.382 e. The van der Waals surface area contributed by atoms with E-state index in [0.29, 0.717) is 47.2 Å². The molecular formula is C27H33ClN8O2S. The van der Waals surface area contributed by atoms with Gasteiger partial charge in [0.1, 0.15) is 17.5 Å². The Labute approximate surface area is 239 Å². The smallest absolute Gasteiger partial charge is 0.221 e. The van der Waals surface area contributed by atoms with Crippen LogP contribution in [0.15, 0.2) is 47.6 Å². The van der Waals surface area contributed by atoms with Crippen molar-refractivity contribution in [3.05, 3.63) is 59.4 Å². The zero-order chi connectivity index (χ0) is 27.7. The van der Waals surface area contributed by atoms with E-state index in [2.05, 4.69) is 43.5 Å². The molecule has 2 heterocycles. The molecule has 0 spiro atoms. The molecule has 4 N–H and O–H groups in total. The summed E-state index contributed by atoms with van der Waals surface area (Å²) in [6, 6.07) is 15.1. The van der Waals surface area contributed by atoms with Crippen molar-refractivity contribution in [3.63, 3.8) is 0 Å². The molecule has 12 heteroatoms. The molecule has 2 amide bonds. The Balaban J connectivity index is 0.00000533. The number of nitrogens with zero attached hydrogens (tertiary/aromatic N) is 5. The predicted octanol–water partition coefficient (Wildman–Crippen LogP) is 3.66. The number of likely N-dealkylation sites (N-methyl/N-ethyl adjacent to an activating group) is 1. The number of halogens is 1. The summed E-state index contributed by atoms with van der Waals surface area (Å²) in [5.41, 5.74) is 9.69. The number of carbonyl (C=O) groups excluding carboxylic acids is 2. The first kappa shape index (κ1) is 31.5. The van der Waals surface area contributed by atoms with Gasteiger partial charge in [-0.15, -0.1) is 12.4 Å². The molecule has 3 rings (SSSR count). The lowest BCUT2D eigenvalue weighted by Crippen LogP contribution is -2.38. The van der Waals surface area contributed by atoms with E-state index in [1.165, 1.54) is 18.7 Å². The van der Waals surface area contributed by atoms with Crippen molar-refractivity contribution in [1.29, 1.82) is 5.26 Å². The van der Waals surface area contributed by atoms with Gasteiger partial charge in [0, 0.05) is 48.6 Å². The summed E-state index contributed by atoms with van der Waals surface area (Å²) in [6.07, 6.45) is 0.905. The van der Waals surface area contributed by atoms with Crippen molar-refractivity contribution < 1.29 is 9.59 Å². The number of nitrogens with two attached hydrogens (primary N) is 1. The summed E-state index contributed by atoms with van der Waals surface area (Å²) in [5, 5.41) is 15.7. The van der Waals surface area contributed by atoms with Gasteiger partial charge >= 0.3 is 0 Å². The second-order valence-electron chi connectivity index (χ2n) is 9.01. The Bertz CT molecular complexity index is 1330. The van der Waals surface area contributed by atoms with E-state index in [1.54, 1.807) is 24.3 Å². The molecule has 206 valence electrons. The second kappa shape index (κ2) is 15.0. The maximum absolute atomic E-state index is 12.2. The molecule has 39 heavy (non-hydrogen) atoms. The average molecular weight is 569 g/mol. The molecule has 0 fully saturated rings. The molecule has 1 unspecified atom stereocenters. The van der Waals surface area contributed by atoms with E-state index in [0.717, 1.165) is 11.4 Å². The lowest BCUT2D eigenvalue weighted by Gasteiger charge is -2.19. The van der Waals surface area contributed by atoms with E-state index in [1.807, 2.05) is 32.3 Å². The zero-order valence-corrected chi connectivity index (χ0v) is 24.0. The summed E-state index contributed by atoms with van der Waals surface area (Å²) in [6.45, 7) is 4.09. The van der Waals surface area contributed by atoms with Crippen LogP contribution in [-0.4, -0.2) is 58.3 Å². The number of aromatic nitrogens is 3. The Kier molecular flexibility index (Phi) is 12.1. The van der Waals surface area contributed by atoms with Crippen molar-refractivity contribution in [3.8, 4) is 17.3 Å². The number of nitriles is 1. The van der Waals surface area contributed by atoms with E-state index < -0.39 is 0 Å². The Morgan fingerprint density at radius 3 is 2.44 bits per heavy atom. The third-order valence-electron chi connectivity index (χ3n) is 5.80. The monoisotopic (exact) mass is 568 g/mol. The molecule has 3 aromatic rings. The quantitative estimate of drug-likeness (QED) is 0.232. The fourth-order valence-electron chi connectivity index (χ4n) is 3.42. The molecular weight excluding hydrogens is 536 g/mol. The number of hydrogen-bond donors (Lipinski definition) is 3. The number of anilines is 2. The summed E-state index contributed by atoms with van der Waals surface area (Å²) in [5.74, 6) is 0.421. The van der Waals surface area contributed by atoms with Gasteiger partial charge in [0.2, 0.25) is 11.8 Å². The summed E-state index contributed by atoms with van der Waals surface area (Å²) < 4.78 is 0. The predicted molar refractivity (Wildman–Crippen MR) is 156 cm³/mol. The van der Waals surface area contributed by atoms with Crippen LogP contribution in [0.25, 0.3) is 11.3 Å². The number of nitrogen functional groups attached to an aromatic ring is 1. The maximum Gasteiger partial charge on any atom is 0.221 e. The SMILES string of the molecule is CC(=O)Nc1ccc(-c2nc(SCc3cccc(CCC(=O)NCC(C)N(C)C)n3)nc(N)c2C#N)cc1.Cl. The van der Waals surface area contributed by atoms with Crippen molar-refractivity contribution in [2.75, 3.05) is 31.7 Å². The number of aryl methyl sites for hydroxylation is 1. The van der Waals surface area contributed by atoms with Crippen molar-refractivity contribution in [1.82, 2.24) is 25.2 Å². The minimum absolute atomic E-state index is 0. The highest BCUT2D eigenvalue weighted by Gasteiger charge is 2.15. The van der Waals surface area contributed by atoms with Crippen molar-refractivity contribution in [2.45, 2.75) is 43.6 Å². The Morgan fingerprint density at radius 2 is 1.79 bits per heavy atom. The first-order valence-corrected chi connectivity index (χ1v) is 13.1. The number of benzene rings is 1. The number of thioether (sulfide) groups is 1. The molecule has 0 bridgehead atoms. The van der Waals surface area contributed by atoms with Gasteiger partial charge in [-0.25, -0.2) is 9.97 Å². The molecule has 10 nitrogen and oxygen atoms in total.